The number of aromatic amines is 1. The van der Waals surface area contributed by atoms with Crippen LogP contribution in [0.1, 0.15) is 34.6 Å². The van der Waals surface area contributed by atoms with Gasteiger partial charge in [-0.05, 0) is 66.4 Å². The molecular formula is C27H28N2O3. The fraction of sp³-hybridized carbons (Fsp3) is 0.222. The van der Waals surface area contributed by atoms with E-state index in [1.165, 1.54) is 5.56 Å². The van der Waals surface area contributed by atoms with E-state index in [2.05, 4.69) is 23.3 Å². The van der Waals surface area contributed by atoms with Crippen molar-refractivity contribution >= 4 is 22.5 Å². The first-order valence-electron chi connectivity index (χ1n) is 10.6. The molecule has 0 fully saturated rings. The molecule has 4 rings (SSSR count). The third kappa shape index (κ3) is 4.47. The van der Waals surface area contributed by atoms with Crippen LogP contribution in [-0.2, 0) is 4.79 Å². The third-order valence-electron chi connectivity index (χ3n) is 5.95. The highest BCUT2D eigenvalue weighted by Gasteiger charge is 2.23. The molecule has 32 heavy (non-hydrogen) atoms. The Balaban J connectivity index is 1.72. The van der Waals surface area contributed by atoms with Gasteiger partial charge in [-0.1, -0.05) is 24.3 Å². The lowest BCUT2D eigenvalue weighted by Crippen LogP contribution is -2.16. The monoisotopic (exact) mass is 428 g/mol. The number of methoxy groups -OCH3 is 2. The van der Waals surface area contributed by atoms with Crippen LogP contribution in [0.5, 0.6) is 11.5 Å². The molecule has 0 saturated carbocycles. The number of aryl methyl sites for hydroxylation is 2. The Morgan fingerprint density at radius 1 is 0.938 bits per heavy atom. The van der Waals surface area contributed by atoms with Gasteiger partial charge in [0.2, 0.25) is 5.91 Å². The molecule has 0 aliphatic heterocycles. The number of fused-ring (bicyclic) bond motifs is 1. The Hall–Kier alpha value is -3.73. The van der Waals surface area contributed by atoms with E-state index in [0.29, 0.717) is 11.5 Å². The summed E-state index contributed by atoms with van der Waals surface area (Å²) in [5.74, 6) is 1.16. The Bertz CT molecular complexity index is 1240. The van der Waals surface area contributed by atoms with E-state index in [0.717, 1.165) is 33.3 Å². The van der Waals surface area contributed by atoms with E-state index < -0.39 is 0 Å². The third-order valence-corrected chi connectivity index (χ3v) is 5.95. The minimum Gasteiger partial charge on any atom is -0.497 e. The van der Waals surface area contributed by atoms with Crippen LogP contribution in [0, 0.1) is 13.8 Å². The van der Waals surface area contributed by atoms with Gasteiger partial charge in [-0.15, -0.1) is 0 Å². The maximum absolute atomic E-state index is 13.1. The van der Waals surface area contributed by atoms with Crippen LogP contribution in [0.25, 0.3) is 10.9 Å². The minimum absolute atomic E-state index is 0.0506. The van der Waals surface area contributed by atoms with Crippen molar-refractivity contribution in [3.63, 3.8) is 0 Å². The molecule has 1 amide bonds. The van der Waals surface area contributed by atoms with E-state index in [1.807, 2.05) is 67.7 Å². The molecule has 0 bridgehead atoms. The lowest BCUT2D eigenvalue weighted by atomic mass is 9.87. The maximum Gasteiger partial charge on any atom is 0.225 e. The first-order chi connectivity index (χ1) is 15.5. The van der Waals surface area contributed by atoms with E-state index >= 15 is 0 Å². The quantitative estimate of drug-likeness (QED) is 0.382. The Morgan fingerprint density at radius 2 is 1.66 bits per heavy atom. The Morgan fingerprint density at radius 3 is 2.34 bits per heavy atom. The fourth-order valence-corrected chi connectivity index (χ4v) is 4.04. The molecule has 5 heteroatoms. The number of anilines is 1. The normalized spacial score (nSPS) is 11.9. The number of carbonyl (C=O) groups excluding carboxylic acids is 1. The van der Waals surface area contributed by atoms with Crippen molar-refractivity contribution in [1.82, 2.24) is 4.98 Å². The molecule has 164 valence electrons. The number of carbonyl (C=O) groups is 1. The topological polar surface area (TPSA) is 63.4 Å². The summed E-state index contributed by atoms with van der Waals surface area (Å²) >= 11 is 0. The molecule has 4 aromatic rings. The second-order valence-corrected chi connectivity index (χ2v) is 8.04. The Kier molecular flexibility index (Phi) is 6.17. The molecule has 3 aromatic carbocycles. The lowest BCUT2D eigenvalue weighted by Gasteiger charge is -2.19. The van der Waals surface area contributed by atoms with E-state index in [1.54, 1.807) is 14.2 Å². The molecular weight excluding hydrogens is 400 g/mol. The number of aromatic nitrogens is 1. The molecule has 1 aromatic heterocycles. The highest BCUT2D eigenvalue weighted by Crippen LogP contribution is 2.37. The van der Waals surface area contributed by atoms with Crippen LogP contribution in [0.4, 0.5) is 5.69 Å². The number of rotatable bonds is 7. The number of para-hydroxylation sites is 1. The second-order valence-electron chi connectivity index (χ2n) is 8.04. The number of ether oxygens (including phenoxy) is 2. The summed E-state index contributed by atoms with van der Waals surface area (Å²) in [4.78, 5) is 16.5. The van der Waals surface area contributed by atoms with Crippen LogP contribution in [-0.4, -0.2) is 25.1 Å². The highest BCUT2D eigenvalue weighted by molar-refractivity contribution is 5.93. The predicted molar refractivity (Wildman–Crippen MR) is 129 cm³/mol. The van der Waals surface area contributed by atoms with Gasteiger partial charge in [0.15, 0.2) is 0 Å². The molecule has 0 saturated heterocycles. The molecule has 1 atom stereocenters. The molecule has 5 nitrogen and oxygen atoms in total. The van der Waals surface area contributed by atoms with Crippen molar-refractivity contribution in [3.8, 4) is 11.5 Å². The van der Waals surface area contributed by atoms with Gasteiger partial charge in [-0.2, -0.15) is 0 Å². The zero-order chi connectivity index (χ0) is 22.7. The van der Waals surface area contributed by atoms with Crippen molar-refractivity contribution < 1.29 is 14.3 Å². The molecule has 0 radical (unpaired) electrons. The van der Waals surface area contributed by atoms with E-state index in [9.17, 15) is 4.79 Å². The second kappa shape index (κ2) is 9.18. The van der Waals surface area contributed by atoms with Gasteiger partial charge in [0, 0.05) is 41.2 Å². The van der Waals surface area contributed by atoms with Crippen molar-refractivity contribution in [3.05, 3.63) is 89.1 Å². The number of hydrogen-bond acceptors (Lipinski definition) is 3. The zero-order valence-corrected chi connectivity index (χ0v) is 18.9. The predicted octanol–water partition coefficient (Wildman–Crippen LogP) is 5.96. The van der Waals surface area contributed by atoms with Gasteiger partial charge >= 0.3 is 0 Å². The van der Waals surface area contributed by atoms with Crippen molar-refractivity contribution in [1.29, 1.82) is 0 Å². The smallest absolute Gasteiger partial charge is 0.225 e. The summed E-state index contributed by atoms with van der Waals surface area (Å²) in [5, 5.41) is 4.16. The minimum atomic E-state index is -0.179. The SMILES string of the molecule is COc1cc(OC)cc(C(CC(=O)Nc2ccc(C)c(C)c2)c2c[nH]c3ccccc23)c1. The van der Waals surface area contributed by atoms with E-state index in [-0.39, 0.29) is 18.2 Å². The number of benzene rings is 3. The summed E-state index contributed by atoms with van der Waals surface area (Å²) in [6.07, 6.45) is 2.27. The van der Waals surface area contributed by atoms with Crippen molar-refractivity contribution in [2.75, 3.05) is 19.5 Å². The fourth-order valence-electron chi connectivity index (χ4n) is 4.04. The molecule has 0 aliphatic carbocycles. The number of amides is 1. The van der Waals surface area contributed by atoms with Crippen LogP contribution in [0.15, 0.2) is 66.9 Å². The van der Waals surface area contributed by atoms with Gasteiger partial charge in [-0.3, -0.25) is 4.79 Å². The lowest BCUT2D eigenvalue weighted by molar-refractivity contribution is -0.116. The van der Waals surface area contributed by atoms with Crippen LogP contribution in [0.3, 0.4) is 0 Å². The van der Waals surface area contributed by atoms with Gasteiger partial charge in [0.05, 0.1) is 14.2 Å². The van der Waals surface area contributed by atoms with Gasteiger partial charge in [0.1, 0.15) is 11.5 Å². The standard InChI is InChI=1S/C27H28N2O3/c1-17-9-10-20(11-18(17)2)29-27(30)15-24(19-12-21(31-3)14-22(13-19)32-4)25-16-28-26-8-6-5-7-23(25)26/h5-14,16,24,28H,15H2,1-4H3,(H,29,30). The summed E-state index contributed by atoms with van der Waals surface area (Å²) < 4.78 is 11.0. The average molecular weight is 429 g/mol. The van der Waals surface area contributed by atoms with Crippen LogP contribution in [0.2, 0.25) is 0 Å². The zero-order valence-electron chi connectivity index (χ0n) is 18.9. The maximum atomic E-state index is 13.1. The first-order valence-corrected chi connectivity index (χ1v) is 10.6. The summed E-state index contributed by atoms with van der Waals surface area (Å²) in [6, 6.07) is 19.9. The molecule has 1 heterocycles. The average Bonchev–Trinajstić information content (AvgIpc) is 3.23. The highest BCUT2D eigenvalue weighted by atomic mass is 16.5. The Labute approximate surface area is 188 Å². The van der Waals surface area contributed by atoms with Gasteiger partial charge in [0.25, 0.3) is 0 Å². The molecule has 0 aliphatic rings. The molecule has 1 unspecified atom stereocenters. The van der Waals surface area contributed by atoms with Gasteiger partial charge in [-0.25, -0.2) is 0 Å². The number of nitrogens with one attached hydrogen (secondary N) is 2. The number of hydrogen-bond donors (Lipinski definition) is 2. The van der Waals surface area contributed by atoms with E-state index in [4.69, 9.17) is 9.47 Å². The van der Waals surface area contributed by atoms with Crippen molar-refractivity contribution in [2.45, 2.75) is 26.2 Å². The van der Waals surface area contributed by atoms with Crippen LogP contribution < -0.4 is 14.8 Å². The molecule has 0 spiro atoms. The first kappa shape index (κ1) is 21.5. The number of H-pyrrole nitrogens is 1. The van der Waals surface area contributed by atoms with Gasteiger partial charge < -0.3 is 19.8 Å². The largest absolute Gasteiger partial charge is 0.497 e. The summed E-state index contributed by atoms with van der Waals surface area (Å²) in [5.41, 5.74) is 6.21. The molecule has 2 N–H and O–H groups in total. The summed E-state index contributed by atoms with van der Waals surface area (Å²) in [7, 11) is 3.26. The van der Waals surface area contributed by atoms with Crippen molar-refractivity contribution in [2.24, 2.45) is 0 Å². The summed E-state index contributed by atoms with van der Waals surface area (Å²) in [6.45, 7) is 4.10. The van der Waals surface area contributed by atoms with Crippen LogP contribution >= 0.6 is 0 Å².